The van der Waals surface area contributed by atoms with Gasteiger partial charge in [-0.05, 0) is 18.9 Å². The van der Waals surface area contributed by atoms with Gasteiger partial charge in [-0.15, -0.1) is 24.0 Å². The summed E-state index contributed by atoms with van der Waals surface area (Å²) >= 11 is 2.03. The van der Waals surface area contributed by atoms with E-state index in [0.717, 1.165) is 43.3 Å². The van der Waals surface area contributed by atoms with E-state index in [0.29, 0.717) is 11.8 Å². The van der Waals surface area contributed by atoms with Crippen LogP contribution >= 0.6 is 35.7 Å². The standard InChI is InChI=1S/C18H28N4OS.HI/c1-3-16-14-22(10-11-24-16)18(19-4-2)21-13-17(23)20-12-15-8-6-5-7-9-15;/h5-9,16H,3-4,10-14H2,1-2H3,(H,19,21)(H,20,23);1H. The molecule has 2 N–H and O–H groups in total. The zero-order valence-corrected chi connectivity index (χ0v) is 18.2. The van der Waals surface area contributed by atoms with Crippen LogP contribution in [-0.2, 0) is 11.3 Å². The van der Waals surface area contributed by atoms with Crippen molar-refractivity contribution in [2.24, 2.45) is 4.99 Å². The van der Waals surface area contributed by atoms with Gasteiger partial charge >= 0.3 is 0 Å². The lowest BCUT2D eigenvalue weighted by atomic mass is 10.2. The summed E-state index contributed by atoms with van der Waals surface area (Å²) in [6.07, 6.45) is 1.16. The Morgan fingerprint density at radius 2 is 2.04 bits per heavy atom. The minimum atomic E-state index is -0.0484. The molecular weight excluding hydrogens is 447 g/mol. The molecule has 1 atom stereocenters. The molecule has 1 fully saturated rings. The van der Waals surface area contributed by atoms with Gasteiger partial charge in [0.2, 0.25) is 5.91 Å². The van der Waals surface area contributed by atoms with Gasteiger partial charge in [0.25, 0.3) is 0 Å². The van der Waals surface area contributed by atoms with Gasteiger partial charge in [-0.3, -0.25) is 4.79 Å². The highest BCUT2D eigenvalue weighted by molar-refractivity contribution is 14.0. The number of carbonyl (C=O) groups is 1. The van der Waals surface area contributed by atoms with Gasteiger partial charge in [-0.25, -0.2) is 4.99 Å². The smallest absolute Gasteiger partial charge is 0.242 e. The Morgan fingerprint density at radius 3 is 2.72 bits per heavy atom. The number of nitrogens with one attached hydrogen (secondary N) is 2. The second-order valence-corrected chi connectivity index (χ2v) is 7.19. The normalized spacial score (nSPS) is 17.6. The highest BCUT2D eigenvalue weighted by Crippen LogP contribution is 2.20. The molecule has 1 aromatic rings. The van der Waals surface area contributed by atoms with Crippen molar-refractivity contribution in [2.75, 3.05) is 31.9 Å². The molecular formula is C18H29IN4OS. The van der Waals surface area contributed by atoms with Crippen LogP contribution in [0.3, 0.4) is 0 Å². The molecule has 25 heavy (non-hydrogen) atoms. The Balaban J connectivity index is 0.00000312. The molecule has 0 bridgehead atoms. The molecule has 0 saturated carbocycles. The molecule has 1 heterocycles. The molecule has 1 aliphatic heterocycles. The topological polar surface area (TPSA) is 56.7 Å². The minimum Gasteiger partial charge on any atom is -0.357 e. The monoisotopic (exact) mass is 476 g/mol. The Kier molecular flexibility index (Phi) is 11.0. The lowest BCUT2D eigenvalue weighted by Gasteiger charge is -2.34. The molecule has 1 unspecified atom stereocenters. The molecule has 2 rings (SSSR count). The highest BCUT2D eigenvalue weighted by atomic mass is 127. The number of halogens is 1. The van der Waals surface area contributed by atoms with E-state index < -0.39 is 0 Å². The third-order valence-corrected chi connectivity index (χ3v) is 5.31. The molecule has 0 aliphatic carbocycles. The van der Waals surface area contributed by atoms with Gasteiger partial charge in [-0.2, -0.15) is 11.8 Å². The molecule has 1 aliphatic rings. The number of hydrogen-bond acceptors (Lipinski definition) is 3. The summed E-state index contributed by atoms with van der Waals surface area (Å²) in [5.41, 5.74) is 1.10. The molecule has 0 spiro atoms. The van der Waals surface area contributed by atoms with Crippen LogP contribution < -0.4 is 10.6 Å². The number of amides is 1. The fourth-order valence-corrected chi connectivity index (χ4v) is 3.76. The third kappa shape index (κ3) is 7.85. The Morgan fingerprint density at radius 1 is 1.28 bits per heavy atom. The predicted molar refractivity (Wildman–Crippen MR) is 118 cm³/mol. The average Bonchev–Trinajstić information content (AvgIpc) is 2.64. The Hall–Kier alpha value is -0.960. The Bertz CT molecular complexity index is 541. The van der Waals surface area contributed by atoms with E-state index >= 15 is 0 Å². The summed E-state index contributed by atoms with van der Waals surface area (Å²) in [6.45, 7) is 7.78. The van der Waals surface area contributed by atoms with Crippen molar-refractivity contribution >= 4 is 47.6 Å². The van der Waals surface area contributed by atoms with Crippen molar-refractivity contribution in [1.29, 1.82) is 0 Å². The van der Waals surface area contributed by atoms with E-state index in [9.17, 15) is 4.79 Å². The van der Waals surface area contributed by atoms with Crippen molar-refractivity contribution < 1.29 is 4.79 Å². The molecule has 1 saturated heterocycles. The average molecular weight is 476 g/mol. The van der Waals surface area contributed by atoms with E-state index in [2.05, 4.69) is 34.4 Å². The molecule has 0 radical (unpaired) electrons. The molecule has 0 aromatic heterocycles. The molecule has 140 valence electrons. The first-order chi connectivity index (χ1) is 11.7. The lowest BCUT2D eigenvalue weighted by Crippen LogP contribution is -2.48. The van der Waals surface area contributed by atoms with Crippen LogP contribution in [0.1, 0.15) is 25.8 Å². The summed E-state index contributed by atoms with van der Waals surface area (Å²) in [4.78, 5) is 18.9. The number of benzene rings is 1. The van der Waals surface area contributed by atoms with E-state index in [1.165, 1.54) is 0 Å². The summed E-state index contributed by atoms with van der Waals surface area (Å²) < 4.78 is 0. The third-order valence-electron chi connectivity index (χ3n) is 3.93. The molecule has 7 heteroatoms. The van der Waals surface area contributed by atoms with Crippen LogP contribution in [0.15, 0.2) is 35.3 Å². The van der Waals surface area contributed by atoms with Gasteiger partial charge < -0.3 is 15.5 Å². The van der Waals surface area contributed by atoms with Crippen molar-refractivity contribution in [2.45, 2.75) is 32.1 Å². The Labute approximate surface area is 172 Å². The van der Waals surface area contributed by atoms with Gasteiger partial charge in [0.05, 0.1) is 0 Å². The fraction of sp³-hybridized carbons (Fsp3) is 0.556. The molecule has 5 nitrogen and oxygen atoms in total. The SMILES string of the molecule is CCNC(=NCC(=O)NCc1ccccc1)N1CCSC(CC)C1.I. The summed E-state index contributed by atoms with van der Waals surface area (Å²) in [7, 11) is 0. The minimum absolute atomic E-state index is 0. The number of carbonyl (C=O) groups excluding carboxylic acids is 1. The van der Waals surface area contributed by atoms with Crippen LogP contribution in [0.4, 0.5) is 0 Å². The summed E-state index contributed by atoms with van der Waals surface area (Å²) in [5.74, 6) is 1.92. The number of rotatable bonds is 6. The zero-order chi connectivity index (χ0) is 17.2. The lowest BCUT2D eigenvalue weighted by molar-refractivity contribution is -0.119. The van der Waals surface area contributed by atoms with Crippen molar-refractivity contribution in [3.63, 3.8) is 0 Å². The first kappa shape index (κ1) is 22.1. The number of hydrogen-bond donors (Lipinski definition) is 2. The van der Waals surface area contributed by atoms with Gasteiger partial charge in [0.1, 0.15) is 6.54 Å². The number of guanidine groups is 1. The van der Waals surface area contributed by atoms with Gasteiger partial charge in [-0.1, -0.05) is 37.3 Å². The van der Waals surface area contributed by atoms with Crippen molar-refractivity contribution in [1.82, 2.24) is 15.5 Å². The van der Waals surface area contributed by atoms with Crippen LogP contribution in [0.25, 0.3) is 0 Å². The number of aliphatic imine (C=N–C) groups is 1. The van der Waals surface area contributed by atoms with E-state index in [1.807, 2.05) is 42.1 Å². The van der Waals surface area contributed by atoms with Crippen LogP contribution in [0, 0.1) is 0 Å². The van der Waals surface area contributed by atoms with Crippen LogP contribution in [0.2, 0.25) is 0 Å². The summed E-state index contributed by atoms with van der Waals surface area (Å²) in [6, 6.07) is 9.93. The summed E-state index contributed by atoms with van der Waals surface area (Å²) in [5, 5.41) is 6.88. The maximum atomic E-state index is 12.1. The van der Waals surface area contributed by atoms with Crippen LogP contribution in [0.5, 0.6) is 0 Å². The second-order valence-electron chi connectivity index (χ2n) is 5.78. The zero-order valence-electron chi connectivity index (χ0n) is 15.0. The molecule has 1 amide bonds. The predicted octanol–water partition coefficient (Wildman–Crippen LogP) is 2.71. The van der Waals surface area contributed by atoms with E-state index in [1.54, 1.807) is 0 Å². The molecule has 1 aromatic carbocycles. The number of thioether (sulfide) groups is 1. The maximum absolute atomic E-state index is 12.1. The van der Waals surface area contributed by atoms with Gasteiger partial charge in [0.15, 0.2) is 5.96 Å². The van der Waals surface area contributed by atoms with E-state index in [4.69, 9.17) is 0 Å². The quantitative estimate of drug-likeness (QED) is 0.377. The van der Waals surface area contributed by atoms with Crippen molar-refractivity contribution in [3.05, 3.63) is 35.9 Å². The largest absolute Gasteiger partial charge is 0.357 e. The van der Waals surface area contributed by atoms with Gasteiger partial charge in [0, 0.05) is 37.2 Å². The highest BCUT2D eigenvalue weighted by Gasteiger charge is 2.21. The van der Waals surface area contributed by atoms with Crippen LogP contribution in [-0.4, -0.2) is 53.9 Å². The number of nitrogens with zero attached hydrogens (tertiary/aromatic N) is 2. The van der Waals surface area contributed by atoms with Crippen molar-refractivity contribution in [3.8, 4) is 0 Å². The fourth-order valence-electron chi connectivity index (χ4n) is 2.58. The first-order valence-corrected chi connectivity index (χ1v) is 9.73. The van der Waals surface area contributed by atoms with E-state index in [-0.39, 0.29) is 36.4 Å². The second kappa shape index (κ2) is 12.4. The maximum Gasteiger partial charge on any atom is 0.242 e. The first-order valence-electron chi connectivity index (χ1n) is 8.68.